The van der Waals surface area contributed by atoms with Crippen LogP contribution in [0.4, 0.5) is 0 Å². The first-order valence-electron chi connectivity index (χ1n) is 5.40. The number of hydrogen-bond acceptors (Lipinski definition) is 4. The van der Waals surface area contributed by atoms with Crippen LogP contribution in [0.25, 0.3) is 0 Å². The topological polar surface area (TPSA) is 50.1 Å². The van der Waals surface area contributed by atoms with Crippen molar-refractivity contribution in [3.05, 3.63) is 51.2 Å². The number of carbonyl (C=O) groups excluding carboxylic acids is 1. The molecule has 4 heteroatoms. The average molecular weight is 257 g/mol. The van der Waals surface area contributed by atoms with Gasteiger partial charge in [0.05, 0.1) is 11.1 Å². The number of carbonyl (C=O) groups is 1. The Bertz CT molecular complexity index is 637. The molecule has 0 amide bonds. The lowest BCUT2D eigenvalue weighted by molar-refractivity contribution is 0.0734. The number of aryl methyl sites for hydroxylation is 2. The zero-order chi connectivity index (χ0) is 13.1. The Labute approximate surface area is 109 Å². The van der Waals surface area contributed by atoms with E-state index in [0.717, 1.165) is 9.75 Å². The summed E-state index contributed by atoms with van der Waals surface area (Å²) >= 11 is 1.55. The molecule has 1 aromatic heterocycles. The SMILES string of the molecule is Cc1cc(C(=O)Oc2ccccc2C#N)c(C)s1. The van der Waals surface area contributed by atoms with Gasteiger partial charge in [-0.3, -0.25) is 0 Å². The van der Waals surface area contributed by atoms with Gasteiger partial charge in [-0.05, 0) is 32.0 Å². The summed E-state index contributed by atoms with van der Waals surface area (Å²) in [6.45, 7) is 3.82. The number of ether oxygens (including phenoxy) is 1. The van der Waals surface area contributed by atoms with Gasteiger partial charge in [0.25, 0.3) is 0 Å². The third-order valence-corrected chi connectivity index (χ3v) is 3.44. The standard InChI is InChI=1S/C14H11NO2S/c1-9-7-12(10(2)18-9)14(16)17-13-6-4-3-5-11(13)8-15/h3-7H,1-2H3. The number of hydrogen-bond donors (Lipinski definition) is 0. The van der Waals surface area contributed by atoms with Crippen molar-refractivity contribution < 1.29 is 9.53 Å². The molecule has 18 heavy (non-hydrogen) atoms. The number of nitrogens with zero attached hydrogens (tertiary/aromatic N) is 1. The zero-order valence-electron chi connectivity index (χ0n) is 10.1. The van der Waals surface area contributed by atoms with E-state index in [2.05, 4.69) is 0 Å². The van der Waals surface area contributed by atoms with Gasteiger partial charge in [0.1, 0.15) is 11.8 Å². The number of para-hydroxylation sites is 1. The summed E-state index contributed by atoms with van der Waals surface area (Å²) in [6, 6.07) is 10.5. The molecule has 0 spiro atoms. The van der Waals surface area contributed by atoms with Gasteiger partial charge in [-0.25, -0.2) is 4.79 Å². The third-order valence-electron chi connectivity index (χ3n) is 2.47. The molecule has 0 fully saturated rings. The minimum atomic E-state index is -0.417. The molecule has 0 unspecified atom stereocenters. The maximum absolute atomic E-state index is 12.0. The Balaban J connectivity index is 2.27. The molecular formula is C14H11NO2S. The first-order valence-corrected chi connectivity index (χ1v) is 6.22. The van der Waals surface area contributed by atoms with Crippen molar-refractivity contribution in [1.29, 1.82) is 5.26 Å². The Morgan fingerprint density at radius 3 is 2.67 bits per heavy atom. The van der Waals surface area contributed by atoms with Crippen LogP contribution in [0.1, 0.15) is 25.7 Å². The van der Waals surface area contributed by atoms with Gasteiger partial charge in [0.15, 0.2) is 0 Å². The lowest BCUT2D eigenvalue weighted by atomic mass is 10.2. The maximum atomic E-state index is 12.0. The molecule has 0 saturated carbocycles. The molecule has 0 aliphatic heterocycles. The maximum Gasteiger partial charge on any atom is 0.344 e. The van der Waals surface area contributed by atoms with Gasteiger partial charge in [0.2, 0.25) is 0 Å². The highest BCUT2D eigenvalue weighted by Crippen LogP contribution is 2.23. The molecule has 0 aliphatic rings. The molecule has 90 valence electrons. The summed E-state index contributed by atoms with van der Waals surface area (Å²) < 4.78 is 5.26. The summed E-state index contributed by atoms with van der Waals surface area (Å²) in [5, 5.41) is 8.92. The van der Waals surface area contributed by atoms with E-state index in [-0.39, 0.29) is 0 Å². The van der Waals surface area contributed by atoms with Gasteiger partial charge >= 0.3 is 5.97 Å². The molecule has 0 radical (unpaired) electrons. The molecule has 1 heterocycles. The second kappa shape index (κ2) is 5.03. The molecule has 1 aromatic carbocycles. The molecular weight excluding hydrogens is 246 g/mol. The monoisotopic (exact) mass is 257 g/mol. The van der Waals surface area contributed by atoms with E-state index in [1.165, 1.54) is 0 Å². The lowest BCUT2D eigenvalue weighted by Gasteiger charge is -2.04. The Morgan fingerprint density at radius 1 is 1.33 bits per heavy atom. The van der Waals surface area contributed by atoms with Crippen molar-refractivity contribution in [2.45, 2.75) is 13.8 Å². The summed E-state index contributed by atoms with van der Waals surface area (Å²) in [4.78, 5) is 14.0. The smallest absolute Gasteiger partial charge is 0.344 e. The second-order valence-electron chi connectivity index (χ2n) is 3.82. The molecule has 0 bridgehead atoms. The second-order valence-corrected chi connectivity index (χ2v) is 5.28. The van der Waals surface area contributed by atoms with Crippen molar-refractivity contribution in [1.82, 2.24) is 0 Å². The van der Waals surface area contributed by atoms with Crippen LogP contribution < -0.4 is 4.74 Å². The number of thiophene rings is 1. The van der Waals surface area contributed by atoms with Crippen LogP contribution in [0.3, 0.4) is 0 Å². The first kappa shape index (κ1) is 12.3. The van der Waals surface area contributed by atoms with E-state index >= 15 is 0 Å². The highest BCUT2D eigenvalue weighted by atomic mass is 32.1. The van der Waals surface area contributed by atoms with E-state index < -0.39 is 5.97 Å². The third kappa shape index (κ3) is 2.41. The minimum Gasteiger partial charge on any atom is -0.421 e. The van der Waals surface area contributed by atoms with Crippen LogP contribution in [0.2, 0.25) is 0 Å². The summed E-state index contributed by atoms with van der Waals surface area (Å²) in [6.07, 6.45) is 0. The predicted molar refractivity (Wildman–Crippen MR) is 69.9 cm³/mol. The number of esters is 1. The van der Waals surface area contributed by atoms with Gasteiger partial charge in [0, 0.05) is 9.75 Å². The van der Waals surface area contributed by atoms with Crippen LogP contribution in [0.5, 0.6) is 5.75 Å². The van der Waals surface area contributed by atoms with Crippen LogP contribution >= 0.6 is 11.3 Å². The minimum absolute atomic E-state index is 0.299. The quantitative estimate of drug-likeness (QED) is 0.611. The van der Waals surface area contributed by atoms with E-state index in [4.69, 9.17) is 10.00 Å². The first-order chi connectivity index (χ1) is 8.61. The molecule has 2 rings (SSSR count). The summed E-state index contributed by atoms with van der Waals surface area (Å²) in [7, 11) is 0. The molecule has 2 aromatic rings. The average Bonchev–Trinajstić information content (AvgIpc) is 2.69. The van der Waals surface area contributed by atoms with E-state index in [1.54, 1.807) is 41.7 Å². The van der Waals surface area contributed by atoms with Crippen LogP contribution in [0.15, 0.2) is 30.3 Å². The van der Waals surface area contributed by atoms with Gasteiger partial charge in [-0.2, -0.15) is 5.26 Å². The van der Waals surface area contributed by atoms with Crippen molar-refractivity contribution in [3.8, 4) is 11.8 Å². The van der Waals surface area contributed by atoms with Crippen molar-refractivity contribution in [3.63, 3.8) is 0 Å². The van der Waals surface area contributed by atoms with E-state index in [0.29, 0.717) is 16.9 Å². The van der Waals surface area contributed by atoms with Crippen molar-refractivity contribution in [2.75, 3.05) is 0 Å². The van der Waals surface area contributed by atoms with Gasteiger partial charge < -0.3 is 4.74 Å². The lowest BCUT2D eigenvalue weighted by Crippen LogP contribution is -2.09. The molecule has 0 N–H and O–H groups in total. The largest absolute Gasteiger partial charge is 0.421 e. The van der Waals surface area contributed by atoms with Crippen LogP contribution in [-0.2, 0) is 0 Å². The molecule has 0 saturated heterocycles. The van der Waals surface area contributed by atoms with Gasteiger partial charge in [-0.15, -0.1) is 11.3 Å². The van der Waals surface area contributed by atoms with E-state index in [9.17, 15) is 4.79 Å². The fourth-order valence-corrected chi connectivity index (χ4v) is 2.55. The van der Waals surface area contributed by atoms with Crippen molar-refractivity contribution in [2.24, 2.45) is 0 Å². The highest BCUT2D eigenvalue weighted by Gasteiger charge is 2.15. The Morgan fingerprint density at radius 2 is 2.06 bits per heavy atom. The molecule has 3 nitrogen and oxygen atoms in total. The van der Waals surface area contributed by atoms with Crippen LogP contribution in [0, 0.1) is 25.2 Å². The van der Waals surface area contributed by atoms with E-state index in [1.807, 2.05) is 19.9 Å². The Kier molecular flexibility index (Phi) is 3.45. The summed E-state index contributed by atoms with van der Waals surface area (Å²) in [5.41, 5.74) is 0.917. The predicted octanol–water partition coefficient (Wildman–Crippen LogP) is 3.46. The van der Waals surface area contributed by atoms with Crippen LogP contribution in [-0.4, -0.2) is 5.97 Å². The zero-order valence-corrected chi connectivity index (χ0v) is 10.9. The van der Waals surface area contributed by atoms with Crippen molar-refractivity contribution >= 4 is 17.3 Å². The fraction of sp³-hybridized carbons (Fsp3) is 0.143. The number of benzene rings is 1. The summed E-state index contributed by atoms with van der Waals surface area (Å²) in [5.74, 6) is -0.118. The molecule has 0 aliphatic carbocycles. The number of rotatable bonds is 2. The van der Waals surface area contributed by atoms with Gasteiger partial charge in [-0.1, -0.05) is 12.1 Å². The molecule has 0 atom stereocenters. The Hall–Kier alpha value is -2.12. The fourth-order valence-electron chi connectivity index (χ4n) is 1.64. The normalized spacial score (nSPS) is 9.83. The number of nitriles is 1. The highest BCUT2D eigenvalue weighted by molar-refractivity contribution is 7.12.